The van der Waals surface area contributed by atoms with E-state index in [0.717, 1.165) is 23.8 Å². The van der Waals surface area contributed by atoms with Crippen LogP contribution < -0.4 is 5.32 Å². The third-order valence-corrected chi connectivity index (χ3v) is 3.71. The van der Waals surface area contributed by atoms with Crippen molar-refractivity contribution in [2.45, 2.75) is 24.7 Å². The number of nitrogens with zero attached hydrogens (tertiary/aromatic N) is 2. The maximum Gasteiger partial charge on any atom is 0.129 e. The molecule has 0 radical (unpaired) electrons. The zero-order valence-corrected chi connectivity index (χ0v) is 12.2. The maximum atomic E-state index is 4.26. The summed E-state index contributed by atoms with van der Waals surface area (Å²) >= 11 is 1.84. The van der Waals surface area contributed by atoms with E-state index in [9.17, 15) is 0 Å². The second-order valence-electron chi connectivity index (χ2n) is 4.57. The molecule has 0 saturated carbocycles. The Morgan fingerprint density at radius 2 is 1.95 bits per heavy atom. The molecule has 2 rings (SSSR count). The number of aromatic nitrogens is 2. The minimum absolute atomic E-state index is 0.433. The van der Waals surface area contributed by atoms with Crippen molar-refractivity contribution < 1.29 is 0 Å². The number of rotatable bonds is 6. The number of hydrogen-bond acceptors (Lipinski definition) is 4. The van der Waals surface area contributed by atoms with Crippen molar-refractivity contribution in [1.82, 2.24) is 9.97 Å². The number of benzene rings is 1. The van der Waals surface area contributed by atoms with E-state index in [0.29, 0.717) is 5.92 Å². The molecule has 0 fully saturated rings. The minimum atomic E-state index is 0.433. The van der Waals surface area contributed by atoms with Gasteiger partial charge in [-0.2, -0.15) is 0 Å². The van der Waals surface area contributed by atoms with Crippen LogP contribution >= 0.6 is 11.8 Å². The fourth-order valence-corrected chi connectivity index (χ4v) is 2.44. The lowest BCUT2D eigenvalue weighted by Crippen LogP contribution is -2.07. The number of thioether (sulfide) groups is 1. The SMILES string of the molecule is CC(C)c1cc(NCCSc2ccccc2)ncn1. The highest BCUT2D eigenvalue weighted by atomic mass is 32.2. The molecule has 0 atom stereocenters. The highest BCUT2D eigenvalue weighted by Gasteiger charge is 2.02. The first-order chi connectivity index (χ1) is 9.25. The standard InChI is InChI=1S/C15H19N3S/c1-12(2)14-10-15(18-11-17-14)16-8-9-19-13-6-4-3-5-7-13/h3-7,10-12H,8-9H2,1-2H3,(H,16,17,18). The second kappa shape index (κ2) is 7.14. The molecule has 0 aliphatic rings. The Balaban J connectivity index is 1.78. The highest BCUT2D eigenvalue weighted by molar-refractivity contribution is 7.99. The highest BCUT2D eigenvalue weighted by Crippen LogP contribution is 2.17. The molecule has 1 aromatic carbocycles. The quantitative estimate of drug-likeness (QED) is 0.641. The van der Waals surface area contributed by atoms with E-state index in [1.165, 1.54) is 4.90 Å². The summed E-state index contributed by atoms with van der Waals surface area (Å²) in [6.07, 6.45) is 1.63. The zero-order valence-electron chi connectivity index (χ0n) is 11.3. The molecule has 2 aromatic rings. The molecule has 0 unspecified atom stereocenters. The molecule has 1 aromatic heterocycles. The first-order valence-electron chi connectivity index (χ1n) is 6.49. The Labute approximate surface area is 118 Å². The second-order valence-corrected chi connectivity index (χ2v) is 5.74. The van der Waals surface area contributed by atoms with E-state index in [-0.39, 0.29) is 0 Å². The van der Waals surface area contributed by atoms with Crippen molar-refractivity contribution in [2.75, 3.05) is 17.6 Å². The van der Waals surface area contributed by atoms with Gasteiger partial charge in [0.2, 0.25) is 0 Å². The van der Waals surface area contributed by atoms with Crippen LogP contribution in [0.25, 0.3) is 0 Å². The molecule has 0 aliphatic heterocycles. The van der Waals surface area contributed by atoms with E-state index in [2.05, 4.69) is 53.4 Å². The summed E-state index contributed by atoms with van der Waals surface area (Å²) in [6.45, 7) is 5.17. The summed E-state index contributed by atoms with van der Waals surface area (Å²) in [7, 11) is 0. The van der Waals surface area contributed by atoms with Gasteiger partial charge in [-0.05, 0) is 18.1 Å². The van der Waals surface area contributed by atoms with Crippen LogP contribution in [0.4, 0.5) is 5.82 Å². The summed E-state index contributed by atoms with van der Waals surface area (Å²) in [6, 6.07) is 12.5. The van der Waals surface area contributed by atoms with Gasteiger partial charge in [0.05, 0.1) is 0 Å². The van der Waals surface area contributed by atoms with Crippen molar-refractivity contribution in [3.05, 3.63) is 48.4 Å². The third-order valence-electron chi connectivity index (χ3n) is 2.70. The Bertz CT molecular complexity index is 500. The Kier molecular flexibility index (Phi) is 5.21. The monoisotopic (exact) mass is 273 g/mol. The molecule has 100 valence electrons. The molecule has 0 amide bonds. The zero-order chi connectivity index (χ0) is 13.5. The summed E-state index contributed by atoms with van der Waals surface area (Å²) < 4.78 is 0. The van der Waals surface area contributed by atoms with Gasteiger partial charge in [0.25, 0.3) is 0 Å². The predicted molar refractivity (Wildman–Crippen MR) is 81.8 cm³/mol. The van der Waals surface area contributed by atoms with Crippen molar-refractivity contribution in [2.24, 2.45) is 0 Å². The number of hydrogen-bond donors (Lipinski definition) is 1. The van der Waals surface area contributed by atoms with Gasteiger partial charge in [-0.25, -0.2) is 9.97 Å². The number of anilines is 1. The average molecular weight is 273 g/mol. The molecule has 1 N–H and O–H groups in total. The molecule has 0 bridgehead atoms. The van der Waals surface area contributed by atoms with Gasteiger partial charge in [-0.1, -0.05) is 32.0 Å². The van der Waals surface area contributed by atoms with Crippen LogP contribution in [0.15, 0.2) is 47.6 Å². The van der Waals surface area contributed by atoms with Crippen LogP contribution in [0.2, 0.25) is 0 Å². The van der Waals surface area contributed by atoms with E-state index in [1.54, 1.807) is 6.33 Å². The molecule has 4 heteroatoms. The summed E-state index contributed by atoms with van der Waals surface area (Å²) in [4.78, 5) is 9.79. The summed E-state index contributed by atoms with van der Waals surface area (Å²) in [5, 5.41) is 3.34. The number of nitrogens with one attached hydrogen (secondary N) is 1. The van der Waals surface area contributed by atoms with Crippen LogP contribution in [0, 0.1) is 0 Å². The minimum Gasteiger partial charge on any atom is -0.369 e. The van der Waals surface area contributed by atoms with Gasteiger partial charge in [0.1, 0.15) is 12.1 Å². The Morgan fingerprint density at radius 1 is 1.16 bits per heavy atom. The molecule has 0 saturated heterocycles. The predicted octanol–water partition coefficient (Wildman–Crippen LogP) is 3.80. The van der Waals surface area contributed by atoms with Crippen molar-refractivity contribution in [3.63, 3.8) is 0 Å². The van der Waals surface area contributed by atoms with Gasteiger partial charge in [0.15, 0.2) is 0 Å². The fourth-order valence-electron chi connectivity index (χ4n) is 1.65. The van der Waals surface area contributed by atoms with Crippen LogP contribution in [-0.4, -0.2) is 22.3 Å². The fraction of sp³-hybridized carbons (Fsp3) is 0.333. The van der Waals surface area contributed by atoms with Gasteiger partial charge >= 0.3 is 0 Å². The first kappa shape index (κ1) is 13.9. The molecular formula is C15H19N3S. The molecule has 1 heterocycles. The smallest absolute Gasteiger partial charge is 0.129 e. The largest absolute Gasteiger partial charge is 0.369 e. The lowest BCUT2D eigenvalue weighted by Gasteiger charge is -2.08. The van der Waals surface area contributed by atoms with E-state index in [1.807, 2.05) is 23.9 Å². The molecule has 0 spiro atoms. The lowest BCUT2D eigenvalue weighted by molar-refractivity contribution is 0.814. The molecular weight excluding hydrogens is 254 g/mol. The molecule has 3 nitrogen and oxygen atoms in total. The van der Waals surface area contributed by atoms with Crippen LogP contribution in [0.5, 0.6) is 0 Å². The van der Waals surface area contributed by atoms with Crippen molar-refractivity contribution in [3.8, 4) is 0 Å². The topological polar surface area (TPSA) is 37.8 Å². The lowest BCUT2D eigenvalue weighted by atomic mass is 10.1. The van der Waals surface area contributed by atoms with Crippen molar-refractivity contribution >= 4 is 17.6 Å². The van der Waals surface area contributed by atoms with Gasteiger partial charge in [-0.15, -0.1) is 11.8 Å². The summed E-state index contributed by atoms with van der Waals surface area (Å²) in [5.74, 6) is 2.36. The van der Waals surface area contributed by atoms with E-state index < -0.39 is 0 Å². The Morgan fingerprint density at radius 3 is 2.68 bits per heavy atom. The summed E-state index contributed by atoms with van der Waals surface area (Å²) in [5.41, 5.74) is 1.08. The van der Waals surface area contributed by atoms with Gasteiger partial charge in [0, 0.05) is 29.0 Å². The average Bonchev–Trinajstić information content (AvgIpc) is 2.45. The molecule has 0 aliphatic carbocycles. The molecule has 19 heavy (non-hydrogen) atoms. The van der Waals surface area contributed by atoms with Crippen LogP contribution in [-0.2, 0) is 0 Å². The third kappa shape index (κ3) is 4.56. The van der Waals surface area contributed by atoms with E-state index in [4.69, 9.17) is 0 Å². The normalized spacial score (nSPS) is 10.7. The Hall–Kier alpha value is -1.55. The van der Waals surface area contributed by atoms with Crippen molar-refractivity contribution in [1.29, 1.82) is 0 Å². The van der Waals surface area contributed by atoms with Crippen LogP contribution in [0.3, 0.4) is 0 Å². The first-order valence-corrected chi connectivity index (χ1v) is 7.48. The maximum absolute atomic E-state index is 4.26. The van der Waals surface area contributed by atoms with Gasteiger partial charge < -0.3 is 5.32 Å². The van der Waals surface area contributed by atoms with E-state index >= 15 is 0 Å². The van der Waals surface area contributed by atoms with Gasteiger partial charge in [-0.3, -0.25) is 0 Å². The van der Waals surface area contributed by atoms with Crippen LogP contribution in [0.1, 0.15) is 25.5 Å².